The summed E-state index contributed by atoms with van der Waals surface area (Å²) in [5.74, 6) is 0.748. The van der Waals surface area contributed by atoms with Gasteiger partial charge in [-0.1, -0.05) is 37.3 Å². The van der Waals surface area contributed by atoms with Gasteiger partial charge in [-0.05, 0) is 36.2 Å². The first-order valence-corrected chi connectivity index (χ1v) is 8.16. The molecule has 128 valence electrons. The highest BCUT2D eigenvalue weighted by atomic mass is 16.5. The number of hydrogen-bond acceptors (Lipinski definition) is 3. The maximum absolute atomic E-state index is 12.2. The largest absolute Gasteiger partial charge is 0.489 e. The maximum Gasteiger partial charge on any atom is 0.321 e. The molecule has 2 rings (SSSR count). The molecular formula is C19H24N2O3. The van der Waals surface area contributed by atoms with Crippen LogP contribution < -0.4 is 10.1 Å². The molecule has 2 aromatic rings. The van der Waals surface area contributed by atoms with Gasteiger partial charge in [0.25, 0.3) is 0 Å². The molecule has 0 bridgehead atoms. The number of amides is 2. The van der Waals surface area contributed by atoms with Gasteiger partial charge in [0.2, 0.25) is 0 Å². The van der Waals surface area contributed by atoms with Gasteiger partial charge in [-0.25, -0.2) is 4.79 Å². The van der Waals surface area contributed by atoms with Gasteiger partial charge >= 0.3 is 6.03 Å². The van der Waals surface area contributed by atoms with Gasteiger partial charge in [-0.2, -0.15) is 0 Å². The lowest BCUT2D eigenvalue weighted by atomic mass is 10.2. The Kier molecular flexibility index (Phi) is 7.11. The number of nitrogens with one attached hydrogen (secondary N) is 1. The zero-order chi connectivity index (χ0) is 17.2. The van der Waals surface area contributed by atoms with Crippen molar-refractivity contribution in [1.29, 1.82) is 0 Å². The number of nitrogens with zero attached hydrogens (tertiary/aromatic N) is 1. The Bertz CT molecular complexity index is 608. The highest BCUT2D eigenvalue weighted by molar-refractivity contribution is 5.89. The van der Waals surface area contributed by atoms with Gasteiger partial charge in [-0.15, -0.1) is 0 Å². The van der Waals surface area contributed by atoms with Crippen molar-refractivity contribution in [3.63, 3.8) is 0 Å². The third-order valence-electron chi connectivity index (χ3n) is 3.50. The number of carbonyl (C=O) groups excluding carboxylic acids is 1. The van der Waals surface area contributed by atoms with Crippen LogP contribution in [0.25, 0.3) is 0 Å². The Balaban J connectivity index is 1.88. The number of urea groups is 1. The van der Waals surface area contributed by atoms with E-state index in [0.717, 1.165) is 17.7 Å². The Morgan fingerprint density at radius 3 is 2.42 bits per heavy atom. The molecule has 0 saturated heterocycles. The van der Waals surface area contributed by atoms with E-state index in [2.05, 4.69) is 5.32 Å². The molecule has 0 aliphatic carbocycles. The summed E-state index contributed by atoms with van der Waals surface area (Å²) in [6.07, 6.45) is 0.847. The first-order valence-electron chi connectivity index (χ1n) is 8.16. The summed E-state index contributed by atoms with van der Waals surface area (Å²) in [7, 11) is 0. The number of aliphatic hydroxyl groups is 1. The SMILES string of the molecule is CCCN(CCO)C(=O)Nc1ccc(OCc2ccccc2)cc1. The first kappa shape index (κ1) is 17.8. The molecule has 0 aliphatic heterocycles. The van der Waals surface area contributed by atoms with Crippen molar-refractivity contribution >= 4 is 11.7 Å². The van der Waals surface area contributed by atoms with E-state index < -0.39 is 0 Å². The van der Waals surface area contributed by atoms with E-state index in [1.54, 1.807) is 17.0 Å². The number of rotatable bonds is 8. The Morgan fingerprint density at radius 1 is 1.08 bits per heavy atom. The second kappa shape index (κ2) is 9.57. The number of aliphatic hydroxyl groups excluding tert-OH is 1. The van der Waals surface area contributed by atoms with Gasteiger partial charge in [-0.3, -0.25) is 0 Å². The van der Waals surface area contributed by atoms with Crippen LogP contribution in [0.5, 0.6) is 5.75 Å². The Hall–Kier alpha value is -2.53. The predicted molar refractivity (Wildman–Crippen MR) is 95.2 cm³/mol. The van der Waals surface area contributed by atoms with Crippen LogP contribution >= 0.6 is 0 Å². The van der Waals surface area contributed by atoms with Crippen molar-refractivity contribution in [2.75, 3.05) is 25.0 Å². The fourth-order valence-corrected chi connectivity index (χ4v) is 2.28. The lowest BCUT2D eigenvalue weighted by Gasteiger charge is -2.21. The molecule has 0 aromatic heterocycles. The van der Waals surface area contributed by atoms with Crippen LogP contribution in [0.15, 0.2) is 54.6 Å². The number of ether oxygens (including phenoxy) is 1. The Morgan fingerprint density at radius 2 is 1.79 bits per heavy atom. The minimum atomic E-state index is -0.205. The van der Waals surface area contributed by atoms with Crippen molar-refractivity contribution < 1.29 is 14.6 Å². The minimum absolute atomic E-state index is 0.0420. The van der Waals surface area contributed by atoms with E-state index in [1.165, 1.54) is 0 Å². The molecule has 2 amide bonds. The number of anilines is 1. The van der Waals surface area contributed by atoms with Crippen LogP contribution in [0.3, 0.4) is 0 Å². The molecule has 5 nitrogen and oxygen atoms in total. The van der Waals surface area contributed by atoms with Crippen molar-refractivity contribution in [2.24, 2.45) is 0 Å². The fraction of sp³-hybridized carbons (Fsp3) is 0.316. The van der Waals surface area contributed by atoms with Crippen LogP contribution in [0.4, 0.5) is 10.5 Å². The van der Waals surface area contributed by atoms with E-state index >= 15 is 0 Å². The lowest BCUT2D eigenvalue weighted by molar-refractivity contribution is 0.188. The quantitative estimate of drug-likeness (QED) is 0.779. The summed E-state index contributed by atoms with van der Waals surface area (Å²) < 4.78 is 5.72. The van der Waals surface area contributed by atoms with Crippen molar-refractivity contribution in [3.05, 3.63) is 60.2 Å². The van der Waals surface area contributed by atoms with Crippen molar-refractivity contribution in [1.82, 2.24) is 4.90 Å². The number of benzene rings is 2. The fourth-order valence-electron chi connectivity index (χ4n) is 2.28. The molecule has 0 saturated carbocycles. The molecular weight excluding hydrogens is 304 g/mol. The summed E-state index contributed by atoms with van der Waals surface area (Å²) in [4.78, 5) is 13.8. The second-order valence-electron chi connectivity index (χ2n) is 5.44. The standard InChI is InChI=1S/C19H24N2O3/c1-2-12-21(13-14-22)19(23)20-17-8-10-18(11-9-17)24-15-16-6-4-3-5-7-16/h3-11,22H,2,12-15H2,1H3,(H,20,23). The second-order valence-corrected chi connectivity index (χ2v) is 5.44. The van der Waals surface area contributed by atoms with E-state index in [1.807, 2.05) is 49.4 Å². The highest BCUT2D eigenvalue weighted by Gasteiger charge is 2.11. The van der Waals surface area contributed by atoms with E-state index in [-0.39, 0.29) is 12.6 Å². The summed E-state index contributed by atoms with van der Waals surface area (Å²) in [5, 5.41) is 11.9. The average Bonchev–Trinajstić information content (AvgIpc) is 2.62. The third-order valence-corrected chi connectivity index (χ3v) is 3.50. The van der Waals surface area contributed by atoms with Crippen LogP contribution in [0.1, 0.15) is 18.9 Å². The highest BCUT2D eigenvalue weighted by Crippen LogP contribution is 2.17. The molecule has 2 N–H and O–H groups in total. The van der Waals surface area contributed by atoms with Crippen LogP contribution in [-0.4, -0.2) is 35.7 Å². The van der Waals surface area contributed by atoms with E-state index in [9.17, 15) is 4.79 Å². The molecule has 5 heteroatoms. The van der Waals surface area contributed by atoms with Crippen LogP contribution in [-0.2, 0) is 6.61 Å². The van der Waals surface area contributed by atoms with E-state index in [4.69, 9.17) is 9.84 Å². The molecule has 0 spiro atoms. The summed E-state index contributed by atoms with van der Waals surface area (Å²) in [6.45, 7) is 3.41. The summed E-state index contributed by atoms with van der Waals surface area (Å²) >= 11 is 0. The smallest absolute Gasteiger partial charge is 0.321 e. The summed E-state index contributed by atoms with van der Waals surface area (Å²) in [6, 6.07) is 17.0. The molecule has 0 atom stereocenters. The third kappa shape index (κ3) is 5.59. The molecule has 2 aromatic carbocycles. The monoisotopic (exact) mass is 328 g/mol. The predicted octanol–water partition coefficient (Wildman–Crippen LogP) is 3.50. The minimum Gasteiger partial charge on any atom is -0.489 e. The lowest BCUT2D eigenvalue weighted by Crippen LogP contribution is -2.37. The number of carbonyl (C=O) groups is 1. The van der Waals surface area contributed by atoms with Gasteiger partial charge in [0.05, 0.1) is 6.61 Å². The van der Waals surface area contributed by atoms with Crippen LogP contribution in [0.2, 0.25) is 0 Å². The zero-order valence-electron chi connectivity index (χ0n) is 13.9. The molecule has 0 fully saturated rings. The first-order chi connectivity index (χ1) is 11.7. The van der Waals surface area contributed by atoms with Gasteiger partial charge in [0.1, 0.15) is 12.4 Å². The maximum atomic E-state index is 12.2. The average molecular weight is 328 g/mol. The molecule has 0 radical (unpaired) electrons. The zero-order valence-corrected chi connectivity index (χ0v) is 13.9. The van der Waals surface area contributed by atoms with Crippen LogP contribution in [0, 0.1) is 0 Å². The van der Waals surface area contributed by atoms with E-state index in [0.29, 0.717) is 25.4 Å². The van der Waals surface area contributed by atoms with Gasteiger partial charge in [0.15, 0.2) is 0 Å². The summed E-state index contributed by atoms with van der Waals surface area (Å²) in [5.41, 5.74) is 1.81. The van der Waals surface area contributed by atoms with Crippen molar-refractivity contribution in [2.45, 2.75) is 20.0 Å². The normalized spacial score (nSPS) is 10.2. The van der Waals surface area contributed by atoms with Gasteiger partial charge < -0.3 is 20.1 Å². The Labute approximate surface area is 142 Å². The molecule has 0 heterocycles. The number of hydrogen-bond donors (Lipinski definition) is 2. The topological polar surface area (TPSA) is 61.8 Å². The molecule has 24 heavy (non-hydrogen) atoms. The van der Waals surface area contributed by atoms with Gasteiger partial charge in [0, 0.05) is 18.8 Å². The van der Waals surface area contributed by atoms with Crippen molar-refractivity contribution in [3.8, 4) is 5.75 Å². The molecule has 0 aliphatic rings. The molecule has 0 unspecified atom stereocenters.